The number of nitrogens with zero attached hydrogens (tertiary/aromatic N) is 3. The quantitative estimate of drug-likeness (QED) is 0.704. The van der Waals surface area contributed by atoms with Crippen molar-refractivity contribution in [3.05, 3.63) is 76.2 Å². The minimum atomic E-state index is -0.388. The molecular formula is C19H19N3O4. The average Bonchev–Trinajstić information content (AvgIpc) is 3.15. The summed E-state index contributed by atoms with van der Waals surface area (Å²) in [5.41, 5.74) is 1.78. The zero-order chi connectivity index (χ0) is 18.7. The summed E-state index contributed by atoms with van der Waals surface area (Å²) in [6.45, 7) is 2.10. The van der Waals surface area contributed by atoms with E-state index < -0.39 is 0 Å². The molecule has 0 aliphatic carbocycles. The molecular weight excluding hydrogens is 334 g/mol. The summed E-state index contributed by atoms with van der Waals surface area (Å²) in [5.74, 6) is 0.106. The van der Waals surface area contributed by atoms with E-state index in [0.29, 0.717) is 23.7 Å². The number of methoxy groups -OCH3 is 1. The van der Waals surface area contributed by atoms with Crippen LogP contribution < -0.4 is 10.3 Å². The fourth-order valence-corrected chi connectivity index (χ4v) is 2.64. The molecule has 0 saturated heterocycles. The molecule has 0 aromatic carbocycles. The Morgan fingerprint density at radius 3 is 2.73 bits per heavy atom. The van der Waals surface area contributed by atoms with E-state index in [1.807, 2.05) is 0 Å². The number of carbonyl (C=O) groups excluding carboxylic acids is 1. The number of rotatable bonds is 5. The van der Waals surface area contributed by atoms with E-state index in [1.165, 1.54) is 22.8 Å². The van der Waals surface area contributed by atoms with Gasteiger partial charge >= 0.3 is 0 Å². The molecule has 0 fully saturated rings. The van der Waals surface area contributed by atoms with Gasteiger partial charge < -0.3 is 14.1 Å². The lowest BCUT2D eigenvalue weighted by Crippen LogP contribution is -2.34. The summed E-state index contributed by atoms with van der Waals surface area (Å²) in [4.78, 5) is 31.4. The molecule has 0 bridgehead atoms. The second kappa shape index (κ2) is 7.26. The summed E-state index contributed by atoms with van der Waals surface area (Å²) in [7, 11) is 3.17. The molecule has 26 heavy (non-hydrogen) atoms. The molecule has 0 N–H and O–H groups in total. The number of aryl methyl sites for hydroxylation is 1. The fourth-order valence-electron chi connectivity index (χ4n) is 2.64. The molecule has 0 spiro atoms. The number of aromatic nitrogens is 2. The van der Waals surface area contributed by atoms with Gasteiger partial charge in [0.15, 0.2) is 0 Å². The molecule has 0 saturated carbocycles. The molecule has 1 amide bonds. The van der Waals surface area contributed by atoms with Crippen LogP contribution in [0.5, 0.6) is 5.88 Å². The highest BCUT2D eigenvalue weighted by Crippen LogP contribution is 2.13. The predicted octanol–water partition coefficient (Wildman–Crippen LogP) is 2.41. The van der Waals surface area contributed by atoms with E-state index in [4.69, 9.17) is 9.15 Å². The minimum absolute atomic E-state index is 0.134. The van der Waals surface area contributed by atoms with E-state index >= 15 is 0 Å². The van der Waals surface area contributed by atoms with Crippen molar-refractivity contribution < 1.29 is 13.9 Å². The van der Waals surface area contributed by atoms with E-state index in [0.717, 1.165) is 5.56 Å². The minimum Gasteiger partial charge on any atom is -0.481 e. The van der Waals surface area contributed by atoms with E-state index in [2.05, 4.69) is 4.98 Å². The lowest BCUT2D eigenvalue weighted by Gasteiger charge is -2.18. The standard InChI is InChI=1S/C19H19N3O4/c1-13-6-8-22(15-4-5-16(25-3)20-10-15)19(24)17(13)18(23)21(2)11-14-7-9-26-12-14/h4-10,12H,11H2,1-3H3. The highest BCUT2D eigenvalue weighted by Gasteiger charge is 2.20. The van der Waals surface area contributed by atoms with Crippen molar-refractivity contribution >= 4 is 5.91 Å². The Morgan fingerprint density at radius 1 is 1.31 bits per heavy atom. The van der Waals surface area contributed by atoms with Gasteiger partial charge in [-0.3, -0.25) is 14.2 Å². The predicted molar refractivity (Wildman–Crippen MR) is 95.6 cm³/mol. The molecule has 0 aliphatic rings. The van der Waals surface area contributed by atoms with Crippen molar-refractivity contribution in [2.45, 2.75) is 13.5 Å². The SMILES string of the molecule is COc1ccc(-n2ccc(C)c(C(=O)N(C)Cc3ccoc3)c2=O)cn1. The first-order chi connectivity index (χ1) is 12.5. The first kappa shape index (κ1) is 17.5. The maximum absolute atomic E-state index is 12.9. The van der Waals surface area contributed by atoms with Crippen molar-refractivity contribution in [2.75, 3.05) is 14.2 Å². The van der Waals surface area contributed by atoms with E-state index in [-0.39, 0.29) is 17.0 Å². The van der Waals surface area contributed by atoms with Gasteiger partial charge in [0, 0.05) is 31.4 Å². The van der Waals surface area contributed by atoms with Crippen LogP contribution in [0, 0.1) is 6.92 Å². The Hall–Kier alpha value is -3.35. The summed E-state index contributed by atoms with van der Waals surface area (Å²) in [6.07, 6.45) is 6.28. The number of hydrogen-bond acceptors (Lipinski definition) is 5. The third kappa shape index (κ3) is 3.37. The van der Waals surface area contributed by atoms with Crippen molar-refractivity contribution in [3.8, 4) is 11.6 Å². The first-order valence-corrected chi connectivity index (χ1v) is 8.00. The number of hydrogen-bond donors (Lipinski definition) is 0. The van der Waals surface area contributed by atoms with Gasteiger partial charge in [-0.1, -0.05) is 0 Å². The zero-order valence-electron chi connectivity index (χ0n) is 14.8. The first-order valence-electron chi connectivity index (χ1n) is 8.00. The number of amides is 1. The third-order valence-electron chi connectivity index (χ3n) is 4.07. The van der Waals surface area contributed by atoms with Gasteiger partial charge in [-0.05, 0) is 30.7 Å². The molecule has 0 atom stereocenters. The normalized spacial score (nSPS) is 10.6. The molecule has 7 nitrogen and oxygen atoms in total. The number of ether oxygens (including phenoxy) is 1. The third-order valence-corrected chi connectivity index (χ3v) is 4.07. The van der Waals surface area contributed by atoms with Gasteiger partial charge in [-0.25, -0.2) is 4.98 Å². The van der Waals surface area contributed by atoms with Crippen LogP contribution in [-0.2, 0) is 6.54 Å². The Bertz CT molecular complexity index is 959. The highest BCUT2D eigenvalue weighted by atomic mass is 16.5. The van der Waals surface area contributed by atoms with Crippen LogP contribution in [0.3, 0.4) is 0 Å². The monoisotopic (exact) mass is 353 g/mol. The largest absolute Gasteiger partial charge is 0.481 e. The second-order valence-electron chi connectivity index (χ2n) is 5.90. The molecule has 3 rings (SSSR count). The smallest absolute Gasteiger partial charge is 0.268 e. The highest BCUT2D eigenvalue weighted by molar-refractivity contribution is 5.95. The van der Waals surface area contributed by atoms with Crippen LogP contribution in [-0.4, -0.2) is 34.5 Å². The second-order valence-corrected chi connectivity index (χ2v) is 5.90. The topological polar surface area (TPSA) is 77.6 Å². The molecule has 3 aromatic rings. The molecule has 0 radical (unpaired) electrons. The van der Waals surface area contributed by atoms with Crippen LogP contribution in [0.2, 0.25) is 0 Å². The maximum Gasteiger partial charge on any atom is 0.268 e. The Kier molecular flexibility index (Phi) is 4.88. The van der Waals surface area contributed by atoms with E-state index in [1.54, 1.807) is 57.0 Å². The molecule has 3 heterocycles. The van der Waals surface area contributed by atoms with Crippen LogP contribution in [0.25, 0.3) is 5.69 Å². The Labute approximate surface area is 150 Å². The molecule has 3 aromatic heterocycles. The van der Waals surface area contributed by atoms with Gasteiger partial charge in [-0.2, -0.15) is 0 Å². The number of carbonyl (C=O) groups is 1. The van der Waals surface area contributed by atoms with Crippen LogP contribution in [0.4, 0.5) is 0 Å². The molecule has 0 aliphatic heterocycles. The van der Waals surface area contributed by atoms with Gasteiger partial charge in [-0.15, -0.1) is 0 Å². The average molecular weight is 353 g/mol. The van der Waals surface area contributed by atoms with Crippen LogP contribution in [0.1, 0.15) is 21.5 Å². The molecule has 134 valence electrons. The summed E-state index contributed by atoms with van der Waals surface area (Å²) < 4.78 is 11.5. The fraction of sp³-hybridized carbons (Fsp3) is 0.211. The van der Waals surface area contributed by atoms with Crippen molar-refractivity contribution in [1.82, 2.24) is 14.5 Å². The summed E-state index contributed by atoms with van der Waals surface area (Å²) in [5, 5.41) is 0. The lowest BCUT2D eigenvalue weighted by atomic mass is 10.1. The van der Waals surface area contributed by atoms with Gasteiger partial charge in [0.2, 0.25) is 5.88 Å². The molecule has 7 heteroatoms. The lowest BCUT2D eigenvalue weighted by molar-refractivity contribution is 0.0782. The van der Waals surface area contributed by atoms with Crippen molar-refractivity contribution in [2.24, 2.45) is 0 Å². The van der Waals surface area contributed by atoms with Crippen molar-refractivity contribution in [1.29, 1.82) is 0 Å². The Balaban J connectivity index is 1.96. The van der Waals surface area contributed by atoms with Gasteiger partial charge in [0.25, 0.3) is 11.5 Å². The number of pyridine rings is 2. The van der Waals surface area contributed by atoms with Gasteiger partial charge in [0.05, 0.1) is 31.5 Å². The number of furan rings is 1. The van der Waals surface area contributed by atoms with Crippen LogP contribution >= 0.6 is 0 Å². The van der Waals surface area contributed by atoms with E-state index in [9.17, 15) is 9.59 Å². The van der Waals surface area contributed by atoms with Gasteiger partial charge in [0.1, 0.15) is 5.56 Å². The van der Waals surface area contributed by atoms with Crippen molar-refractivity contribution in [3.63, 3.8) is 0 Å². The van der Waals surface area contributed by atoms with Crippen LogP contribution in [0.15, 0.2) is 58.4 Å². The summed E-state index contributed by atoms with van der Waals surface area (Å²) in [6, 6.07) is 6.90. The summed E-state index contributed by atoms with van der Waals surface area (Å²) >= 11 is 0. The zero-order valence-corrected chi connectivity index (χ0v) is 14.8. The Morgan fingerprint density at radius 2 is 2.12 bits per heavy atom. The maximum atomic E-state index is 12.9. The molecule has 0 unspecified atom stereocenters.